The minimum absolute atomic E-state index is 0.103. The molecule has 1 N–H and O–H groups in total. The molecule has 154 valence electrons. The maximum atomic E-state index is 12.7. The zero-order valence-electron chi connectivity index (χ0n) is 16.1. The first-order valence-corrected chi connectivity index (χ1v) is 10.3. The van der Waals surface area contributed by atoms with E-state index >= 15 is 0 Å². The van der Waals surface area contributed by atoms with E-state index in [-0.39, 0.29) is 12.0 Å². The molecule has 7 heteroatoms. The first-order valence-electron chi connectivity index (χ1n) is 9.90. The number of para-hydroxylation sites is 1. The van der Waals surface area contributed by atoms with Gasteiger partial charge < -0.3 is 24.3 Å². The van der Waals surface area contributed by atoms with E-state index < -0.39 is 0 Å². The third kappa shape index (κ3) is 4.95. The smallest absolute Gasteiger partial charge is 0.255 e. The Hall–Kier alpha value is -2.44. The summed E-state index contributed by atoms with van der Waals surface area (Å²) in [7, 11) is 0. The van der Waals surface area contributed by atoms with Gasteiger partial charge in [0, 0.05) is 13.2 Å². The molecule has 2 aromatic rings. The summed E-state index contributed by atoms with van der Waals surface area (Å²) < 4.78 is 22.6. The number of benzene rings is 2. The Labute approximate surface area is 175 Å². The Balaban J connectivity index is 1.33. The van der Waals surface area contributed by atoms with E-state index in [0.29, 0.717) is 60.6 Å². The number of nitrogens with one attached hydrogen (secondary N) is 1. The van der Waals surface area contributed by atoms with Crippen LogP contribution in [0.15, 0.2) is 36.4 Å². The molecule has 0 radical (unpaired) electrons. The van der Waals surface area contributed by atoms with E-state index in [4.69, 9.17) is 30.5 Å². The van der Waals surface area contributed by atoms with Gasteiger partial charge in [0.2, 0.25) is 0 Å². The monoisotopic (exact) mass is 417 g/mol. The fraction of sp³-hybridized carbons (Fsp3) is 0.409. The number of hydrogen-bond acceptors (Lipinski definition) is 5. The van der Waals surface area contributed by atoms with Crippen LogP contribution in [0.1, 0.15) is 28.8 Å². The van der Waals surface area contributed by atoms with E-state index in [0.717, 1.165) is 25.0 Å². The maximum Gasteiger partial charge on any atom is 0.255 e. The molecule has 1 atom stereocenters. The number of ether oxygens (including phenoxy) is 4. The van der Waals surface area contributed by atoms with Crippen LogP contribution in [0.5, 0.6) is 17.2 Å². The van der Waals surface area contributed by atoms with E-state index in [9.17, 15) is 4.79 Å². The van der Waals surface area contributed by atoms with E-state index in [1.54, 1.807) is 6.07 Å². The van der Waals surface area contributed by atoms with Crippen molar-refractivity contribution in [3.05, 3.63) is 52.5 Å². The molecule has 0 saturated carbocycles. The summed E-state index contributed by atoms with van der Waals surface area (Å²) in [5, 5.41) is 3.47. The van der Waals surface area contributed by atoms with Crippen LogP contribution in [0, 0.1) is 0 Å². The molecule has 29 heavy (non-hydrogen) atoms. The largest absolute Gasteiger partial charge is 0.490 e. The van der Waals surface area contributed by atoms with Crippen molar-refractivity contribution in [1.82, 2.24) is 5.32 Å². The van der Waals surface area contributed by atoms with Gasteiger partial charge in [0.25, 0.3) is 5.91 Å². The van der Waals surface area contributed by atoms with Gasteiger partial charge in [-0.3, -0.25) is 4.79 Å². The Morgan fingerprint density at radius 3 is 2.90 bits per heavy atom. The highest BCUT2D eigenvalue weighted by atomic mass is 35.5. The molecule has 2 aliphatic heterocycles. The van der Waals surface area contributed by atoms with Crippen LogP contribution in [0.2, 0.25) is 5.02 Å². The lowest BCUT2D eigenvalue weighted by Gasteiger charge is -2.20. The van der Waals surface area contributed by atoms with Gasteiger partial charge in [-0.15, -0.1) is 0 Å². The van der Waals surface area contributed by atoms with Gasteiger partial charge in [-0.05, 0) is 49.1 Å². The molecular formula is C22H24ClNO5. The highest BCUT2D eigenvalue weighted by Gasteiger charge is 2.19. The fourth-order valence-corrected chi connectivity index (χ4v) is 3.75. The van der Waals surface area contributed by atoms with Crippen molar-refractivity contribution in [2.45, 2.75) is 25.4 Å². The van der Waals surface area contributed by atoms with Crippen LogP contribution in [0.25, 0.3) is 0 Å². The molecule has 2 aliphatic rings. The Morgan fingerprint density at radius 2 is 2.03 bits per heavy atom. The average Bonchev–Trinajstić information content (AvgIpc) is 3.26. The van der Waals surface area contributed by atoms with Gasteiger partial charge in [-0.25, -0.2) is 0 Å². The quantitative estimate of drug-likeness (QED) is 0.745. The average molecular weight is 418 g/mol. The van der Waals surface area contributed by atoms with E-state index in [2.05, 4.69) is 5.32 Å². The number of fused-ring (bicyclic) bond motifs is 1. The molecule has 2 aromatic carbocycles. The number of rotatable bonds is 7. The zero-order valence-corrected chi connectivity index (χ0v) is 16.9. The van der Waals surface area contributed by atoms with Gasteiger partial charge in [0.05, 0.1) is 16.7 Å². The Kier molecular flexibility index (Phi) is 6.42. The second-order valence-corrected chi connectivity index (χ2v) is 7.46. The van der Waals surface area contributed by atoms with Crippen molar-refractivity contribution in [3.63, 3.8) is 0 Å². The predicted molar refractivity (Wildman–Crippen MR) is 109 cm³/mol. The Morgan fingerprint density at radius 1 is 1.17 bits per heavy atom. The molecule has 1 saturated heterocycles. The van der Waals surface area contributed by atoms with Crippen LogP contribution in [0.4, 0.5) is 0 Å². The van der Waals surface area contributed by atoms with Crippen molar-refractivity contribution in [2.75, 3.05) is 33.0 Å². The number of carbonyl (C=O) groups excluding carboxylic acids is 1. The second kappa shape index (κ2) is 9.37. The molecular weight excluding hydrogens is 394 g/mol. The summed E-state index contributed by atoms with van der Waals surface area (Å²) in [4.78, 5) is 12.7. The minimum Gasteiger partial charge on any atom is -0.490 e. The predicted octanol–water partition coefficient (Wildman–Crippen LogP) is 3.64. The summed E-state index contributed by atoms with van der Waals surface area (Å²) in [5.41, 5.74) is 1.49. The lowest BCUT2D eigenvalue weighted by atomic mass is 10.1. The highest BCUT2D eigenvalue weighted by molar-refractivity contribution is 6.32. The number of hydrogen-bond donors (Lipinski definition) is 1. The Bertz CT molecular complexity index is 866. The normalized spacial score (nSPS) is 17.8. The third-order valence-electron chi connectivity index (χ3n) is 4.94. The second-order valence-electron chi connectivity index (χ2n) is 7.05. The van der Waals surface area contributed by atoms with E-state index in [1.807, 2.05) is 30.3 Å². The third-order valence-corrected chi connectivity index (χ3v) is 5.22. The van der Waals surface area contributed by atoms with Gasteiger partial charge >= 0.3 is 0 Å². The molecule has 2 heterocycles. The molecule has 0 aliphatic carbocycles. The van der Waals surface area contributed by atoms with Crippen LogP contribution < -0.4 is 19.5 Å². The van der Waals surface area contributed by atoms with Gasteiger partial charge in [0.1, 0.15) is 25.6 Å². The fourth-order valence-electron chi connectivity index (χ4n) is 3.46. The summed E-state index contributed by atoms with van der Waals surface area (Å²) >= 11 is 6.27. The van der Waals surface area contributed by atoms with Crippen molar-refractivity contribution < 1.29 is 23.7 Å². The van der Waals surface area contributed by atoms with E-state index in [1.165, 1.54) is 0 Å². The van der Waals surface area contributed by atoms with Gasteiger partial charge in [-0.1, -0.05) is 23.7 Å². The van der Waals surface area contributed by atoms with Crippen molar-refractivity contribution >= 4 is 17.5 Å². The summed E-state index contributed by atoms with van der Waals surface area (Å²) in [6, 6.07) is 11.0. The summed E-state index contributed by atoms with van der Waals surface area (Å²) in [6.45, 7) is 2.71. The highest BCUT2D eigenvalue weighted by Crippen LogP contribution is 2.38. The van der Waals surface area contributed by atoms with Crippen LogP contribution in [-0.4, -0.2) is 45.0 Å². The van der Waals surface area contributed by atoms with Crippen LogP contribution in [-0.2, 0) is 11.2 Å². The molecule has 1 amide bonds. The van der Waals surface area contributed by atoms with Crippen molar-refractivity contribution in [3.8, 4) is 17.2 Å². The van der Waals surface area contributed by atoms with Gasteiger partial charge in [-0.2, -0.15) is 0 Å². The number of amides is 1. The SMILES string of the molecule is O=C(NCCc1cc(Cl)c2c(c1)OCCO2)c1ccccc1OCC1CCCO1. The number of halogens is 1. The molecule has 1 fully saturated rings. The lowest BCUT2D eigenvalue weighted by Crippen LogP contribution is -2.27. The molecule has 0 spiro atoms. The lowest BCUT2D eigenvalue weighted by molar-refractivity contribution is 0.0670. The van der Waals surface area contributed by atoms with Crippen molar-refractivity contribution in [2.24, 2.45) is 0 Å². The standard InChI is InChI=1S/C22H24ClNO5/c23-18-12-15(13-20-21(18)28-11-10-27-20)7-8-24-22(25)17-5-1-2-6-19(17)29-14-16-4-3-9-26-16/h1-2,5-6,12-13,16H,3-4,7-11,14H2,(H,24,25). The number of carbonyl (C=O) groups is 1. The molecule has 4 rings (SSSR count). The summed E-state index contributed by atoms with van der Waals surface area (Å²) in [6.07, 6.45) is 2.78. The first kappa shape index (κ1) is 19.9. The first-order chi connectivity index (χ1) is 14.2. The van der Waals surface area contributed by atoms with Crippen LogP contribution in [0.3, 0.4) is 0 Å². The molecule has 6 nitrogen and oxygen atoms in total. The topological polar surface area (TPSA) is 66.0 Å². The minimum atomic E-state index is -0.170. The summed E-state index contributed by atoms with van der Waals surface area (Å²) in [5.74, 6) is 1.64. The van der Waals surface area contributed by atoms with Gasteiger partial charge in [0.15, 0.2) is 11.5 Å². The van der Waals surface area contributed by atoms with Crippen LogP contribution >= 0.6 is 11.6 Å². The molecule has 0 aromatic heterocycles. The van der Waals surface area contributed by atoms with Crippen molar-refractivity contribution in [1.29, 1.82) is 0 Å². The maximum absolute atomic E-state index is 12.7. The molecule has 1 unspecified atom stereocenters. The molecule has 0 bridgehead atoms. The zero-order chi connectivity index (χ0) is 20.1.